The van der Waals surface area contributed by atoms with E-state index in [0.717, 1.165) is 30.6 Å². The number of carbonyl (C=O) groups excluding carboxylic acids is 1. The van der Waals surface area contributed by atoms with Gasteiger partial charge in [0.25, 0.3) is 5.91 Å². The monoisotopic (exact) mass is 281 g/mol. The number of rotatable bonds is 3. The molecule has 0 saturated carbocycles. The number of carbonyl (C=O) groups is 1. The Hall–Kier alpha value is -2.20. The largest absolute Gasteiger partial charge is 0.346 e. The molecule has 21 heavy (non-hydrogen) atoms. The van der Waals surface area contributed by atoms with E-state index in [1.165, 1.54) is 11.1 Å². The molecule has 2 N–H and O–H groups in total. The van der Waals surface area contributed by atoms with Crippen molar-refractivity contribution in [1.82, 2.24) is 15.6 Å². The lowest BCUT2D eigenvalue weighted by molar-refractivity contribution is 0.0939. The van der Waals surface area contributed by atoms with Crippen LogP contribution in [0.5, 0.6) is 0 Å². The summed E-state index contributed by atoms with van der Waals surface area (Å²) >= 11 is 0. The van der Waals surface area contributed by atoms with E-state index in [-0.39, 0.29) is 11.9 Å². The average Bonchev–Trinajstić information content (AvgIpc) is 2.55. The van der Waals surface area contributed by atoms with Crippen molar-refractivity contribution in [3.05, 3.63) is 65.0 Å². The summed E-state index contributed by atoms with van der Waals surface area (Å²) in [6, 6.07) is 9.79. The maximum absolute atomic E-state index is 12.4. The standard InChI is InChI=1S/C17H19N3O/c1-12(13-4-7-18-8-5-13)20-17(21)15-3-2-14-6-9-19-11-16(14)10-15/h2-5,7-8,10,12,19H,6,9,11H2,1H3,(H,20,21)/t12-/m0/s1. The van der Waals surface area contributed by atoms with Gasteiger partial charge >= 0.3 is 0 Å². The molecule has 1 atom stereocenters. The van der Waals surface area contributed by atoms with E-state index in [1.807, 2.05) is 31.2 Å². The third-order valence-electron chi connectivity index (χ3n) is 3.91. The minimum absolute atomic E-state index is 0.0327. The predicted octanol–water partition coefficient (Wildman–Crippen LogP) is 2.22. The van der Waals surface area contributed by atoms with Gasteiger partial charge in [-0.2, -0.15) is 0 Å². The Kier molecular flexibility index (Phi) is 3.97. The summed E-state index contributed by atoms with van der Waals surface area (Å²) in [5.74, 6) is -0.0346. The van der Waals surface area contributed by atoms with Crippen LogP contribution in [0.4, 0.5) is 0 Å². The van der Waals surface area contributed by atoms with Crippen molar-refractivity contribution in [1.29, 1.82) is 0 Å². The molecule has 1 aromatic heterocycles. The molecule has 0 unspecified atom stereocenters. The maximum Gasteiger partial charge on any atom is 0.251 e. The molecule has 0 fully saturated rings. The van der Waals surface area contributed by atoms with E-state index in [1.54, 1.807) is 12.4 Å². The molecule has 0 saturated heterocycles. The highest BCUT2D eigenvalue weighted by molar-refractivity contribution is 5.94. The van der Waals surface area contributed by atoms with Crippen LogP contribution in [0.1, 0.15) is 40.0 Å². The molecular formula is C17H19N3O. The molecule has 0 aliphatic carbocycles. The van der Waals surface area contributed by atoms with Crippen LogP contribution < -0.4 is 10.6 Å². The number of aromatic nitrogens is 1. The van der Waals surface area contributed by atoms with Crippen molar-refractivity contribution in [3.8, 4) is 0 Å². The van der Waals surface area contributed by atoms with Gasteiger partial charge in [0, 0.05) is 24.5 Å². The summed E-state index contributed by atoms with van der Waals surface area (Å²) in [6.45, 7) is 3.83. The van der Waals surface area contributed by atoms with E-state index in [9.17, 15) is 4.79 Å². The first-order valence-electron chi connectivity index (χ1n) is 7.27. The molecule has 2 aromatic rings. The van der Waals surface area contributed by atoms with Crippen molar-refractivity contribution in [2.75, 3.05) is 6.54 Å². The van der Waals surface area contributed by atoms with E-state index < -0.39 is 0 Å². The summed E-state index contributed by atoms with van der Waals surface area (Å²) in [5, 5.41) is 6.37. The van der Waals surface area contributed by atoms with Gasteiger partial charge in [0.15, 0.2) is 0 Å². The fourth-order valence-electron chi connectivity index (χ4n) is 2.64. The second kappa shape index (κ2) is 6.06. The Morgan fingerprint density at radius 1 is 1.24 bits per heavy atom. The van der Waals surface area contributed by atoms with E-state index in [2.05, 4.69) is 21.7 Å². The Morgan fingerprint density at radius 2 is 2.05 bits per heavy atom. The predicted molar refractivity (Wildman–Crippen MR) is 82.0 cm³/mol. The zero-order chi connectivity index (χ0) is 14.7. The third-order valence-corrected chi connectivity index (χ3v) is 3.91. The lowest BCUT2D eigenvalue weighted by Gasteiger charge is -2.19. The van der Waals surface area contributed by atoms with Crippen LogP contribution in [0.2, 0.25) is 0 Å². The molecule has 2 heterocycles. The third kappa shape index (κ3) is 3.11. The van der Waals surface area contributed by atoms with E-state index >= 15 is 0 Å². The fourth-order valence-corrected chi connectivity index (χ4v) is 2.64. The van der Waals surface area contributed by atoms with Crippen molar-refractivity contribution >= 4 is 5.91 Å². The van der Waals surface area contributed by atoms with Crippen LogP contribution >= 0.6 is 0 Å². The number of benzene rings is 1. The second-order valence-corrected chi connectivity index (χ2v) is 5.39. The van der Waals surface area contributed by atoms with Crippen molar-refractivity contribution < 1.29 is 4.79 Å². The molecule has 1 aromatic carbocycles. The van der Waals surface area contributed by atoms with Crippen molar-refractivity contribution in [2.45, 2.75) is 25.9 Å². The van der Waals surface area contributed by atoms with Crippen LogP contribution in [0.15, 0.2) is 42.7 Å². The molecule has 3 rings (SSSR count). The lowest BCUT2D eigenvalue weighted by atomic mass is 9.98. The number of hydrogen-bond donors (Lipinski definition) is 2. The highest BCUT2D eigenvalue weighted by atomic mass is 16.1. The van der Waals surface area contributed by atoms with Crippen molar-refractivity contribution in [3.63, 3.8) is 0 Å². The van der Waals surface area contributed by atoms with Gasteiger partial charge in [0.1, 0.15) is 0 Å². The first kappa shape index (κ1) is 13.8. The molecule has 108 valence electrons. The highest BCUT2D eigenvalue weighted by Gasteiger charge is 2.14. The molecule has 4 heteroatoms. The lowest BCUT2D eigenvalue weighted by Crippen LogP contribution is -2.28. The van der Waals surface area contributed by atoms with Gasteiger partial charge in [-0.05, 0) is 60.8 Å². The Labute approximate surface area is 124 Å². The SMILES string of the molecule is C[C@H](NC(=O)c1ccc2c(c1)CNCC2)c1ccncc1. The highest BCUT2D eigenvalue weighted by Crippen LogP contribution is 2.17. The van der Waals surface area contributed by atoms with Crippen LogP contribution in [0.3, 0.4) is 0 Å². The number of amides is 1. The van der Waals surface area contributed by atoms with Gasteiger partial charge in [0.05, 0.1) is 6.04 Å². The van der Waals surface area contributed by atoms with Crippen LogP contribution in [-0.2, 0) is 13.0 Å². The summed E-state index contributed by atoms with van der Waals surface area (Å²) in [5.41, 5.74) is 4.34. The van der Waals surface area contributed by atoms with Gasteiger partial charge in [-0.1, -0.05) is 6.07 Å². The minimum atomic E-state index is -0.0346. The molecule has 0 radical (unpaired) electrons. The minimum Gasteiger partial charge on any atom is -0.346 e. The number of nitrogens with one attached hydrogen (secondary N) is 2. The number of fused-ring (bicyclic) bond motifs is 1. The molecule has 1 amide bonds. The summed E-state index contributed by atoms with van der Waals surface area (Å²) in [4.78, 5) is 16.4. The zero-order valence-electron chi connectivity index (χ0n) is 12.1. The van der Waals surface area contributed by atoms with Gasteiger partial charge in [-0.15, -0.1) is 0 Å². The van der Waals surface area contributed by atoms with Crippen LogP contribution in [0.25, 0.3) is 0 Å². The van der Waals surface area contributed by atoms with Gasteiger partial charge < -0.3 is 10.6 Å². The van der Waals surface area contributed by atoms with Crippen molar-refractivity contribution in [2.24, 2.45) is 0 Å². The number of nitrogens with zero attached hydrogens (tertiary/aromatic N) is 1. The second-order valence-electron chi connectivity index (χ2n) is 5.39. The Balaban J connectivity index is 1.73. The smallest absolute Gasteiger partial charge is 0.251 e. The van der Waals surface area contributed by atoms with Gasteiger partial charge in [-0.25, -0.2) is 0 Å². The molecule has 1 aliphatic rings. The molecular weight excluding hydrogens is 262 g/mol. The summed E-state index contributed by atoms with van der Waals surface area (Å²) < 4.78 is 0. The first-order valence-corrected chi connectivity index (χ1v) is 7.27. The van der Waals surface area contributed by atoms with E-state index in [4.69, 9.17) is 0 Å². The zero-order valence-corrected chi connectivity index (χ0v) is 12.1. The first-order chi connectivity index (χ1) is 10.2. The quantitative estimate of drug-likeness (QED) is 0.907. The normalized spacial score (nSPS) is 15.1. The molecule has 4 nitrogen and oxygen atoms in total. The number of hydrogen-bond acceptors (Lipinski definition) is 3. The summed E-state index contributed by atoms with van der Waals surface area (Å²) in [7, 11) is 0. The molecule has 0 bridgehead atoms. The van der Waals surface area contributed by atoms with Crippen LogP contribution in [-0.4, -0.2) is 17.4 Å². The van der Waals surface area contributed by atoms with Gasteiger partial charge in [-0.3, -0.25) is 9.78 Å². The van der Waals surface area contributed by atoms with E-state index in [0.29, 0.717) is 0 Å². The fraction of sp³-hybridized carbons (Fsp3) is 0.294. The summed E-state index contributed by atoms with van der Waals surface area (Å²) in [6.07, 6.45) is 4.51. The molecule has 0 spiro atoms. The van der Waals surface area contributed by atoms with Gasteiger partial charge in [0.2, 0.25) is 0 Å². The Morgan fingerprint density at radius 3 is 2.86 bits per heavy atom. The topological polar surface area (TPSA) is 54.0 Å². The van der Waals surface area contributed by atoms with Crippen LogP contribution in [0, 0.1) is 0 Å². The number of pyridine rings is 1. The molecule has 1 aliphatic heterocycles. The maximum atomic E-state index is 12.4. The Bertz CT molecular complexity index is 640. The average molecular weight is 281 g/mol.